The van der Waals surface area contributed by atoms with Crippen molar-refractivity contribution in [2.45, 2.75) is 77.4 Å². The lowest BCUT2D eigenvalue weighted by Crippen LogP contribution is -2.60. The molecule has 0 aromatic rings. The SMILES string of the molecule is CCCN(CC)C1CCCC(NC(C)C)(C(=O)OC)C1. The summed E-state index contributed by atoms with van der Waals surface area (Å²) in [6.45, 7) is 10.8. The Bertz CT molecular complexity index is 307. The predicted octanol–water partition coefficient (Wildman–Crippen LogP) is 2.57. The number of carbonyl (C=O) groups excluding carboxylic acids is 1. The zero-order valence-corrected chi connectivity index (χ0v) is 13.9. The number of ether oxygens (including phenoxy) is 1. The van der Waals surface area contributed by atoms with E-state index >= 15 is 0 Å². The minimum absolute atomic E-state index is 0.0940. The molecule has 0 saturated heterocycles. The quantitative estimate of drug-likeness (QED) is 0.730. The fraction of sp³-hybridized carbons (Fsp3) is 0.938. The highest BCUT2D eigenvalue weighted by Crippen LogP contribution is 2.33. The van der Waals surface area contributed by atoms with Gasteiger partial charge >= 0.3 is 5.97 Å². The Morgan fingerprint density at radius 1 is 1.45 bits per heavy atom. The van der Waals surface area contributed by atoms with Crippen molar-refractivity contribution in [1.29, 1.82) is 0 Å². The molecule has 0 aromatic heterocycles. The summed E-state index contributed by atoms with van der Waals surface area (Å²) in [6, 6.07) is 0.771. The molecule has 20 heavy (non-hydrogen) atoms. The Kier molecular flexibility index (Phi) is 6.96. The van der Waals surface area contributed by atoms with Crippen LogP contribution in [0.4, 0.5) is 0 Å². The van der Waals surface area contributed by atoms with Crippen molar-refractivity contribution in [1.82, 2.24) is 10.2 Å². The van der Waals surface area contributed by atoms with Crippen molar-refractivity contribution in [3.63, 3.8) is 0 Å². The van der Waals surface area contributed by atoms with Crippen molar-refractivity contribution >= 4 is 5.97 Å². The van der Waals surface area contributed by atoms with Crippen molar-refractivity contribution in [3.05, 3.63) is 0 Å². The van der Waals surface area contributed by atoms with E-state index in [1.807, 2.05) is 0 Å². The zero-order valence-electron chi connectivity index (χ0n) is 13.9. The monoisotopic (exact) mass is 284 g/mol. The summed E-state index contributed by atoms with van der Waals surface area (Å²) in [6.07, 6.45) is 5.18. The molecular weight excluding hydrogens is 252 g/mol. The Morgan fingerprint density at radius 3 is 2.65 bits per heavy atom. The third-order valence-corrected chi connectivity index (χ3v) is 4.30. The lowest BCUT2D eigenvalue weighted by molar-refractivity contribution is -0.151. The maximum atomic E-state index is 12.3. The average molecular weight is 284 g/mol. The minimum Gasteiger partial charge on any atom is -0.468 e. The first-order valence-corrected chi connectivity index (χ1v) is 8.09. The average Bonchev–Trinajstić information content (AvgIpc) is 2.43. The molecule has 0 amide bonds. The number of nitrogens with one attached hydrogen (secondary N) is 1. The highest BCUT2D eigenvalue weighted by Gasteiger charge is 2.45. The molecular formula is C16H32N2O2. The molecule has 4 nitrogen and oxygen atoms in total. The van der Waals surface area contributed by atoms with E-state index in [0.717, 1.165) is 38.8 Å². The first-order valence-electron chi connectivity index (χ1n) is 8.09. The van der Waals surface area contributed by atoms with Crippen molar-refractivity contribution in [2.24, 2.45) is 0 Å². The van der Waals surface area contributed by atoms with Gasteiger partial charge in [-0.15, -0.1) is 0 Å². The molecule has 1 fully saturated rings. The number of hydrogen-bond donors (Lipinski definition) is 1. The number of methoxy groups -OCH3 is 1. The Balaban J connectivity index is 2.87. The van der Waals surface area contributed by atoms with Crippen LogP contribution in [-0.2, 0) is 9.53 Å². The number of nitrogens with zero attached hydrogens (tertiary/aromatic N) is 1. The summed E-state index contributed by atoms with van der Waals surface area (Å²) in [7, 11) is 1.50. The van der Waals surface area contributed by atoms with Gasteiger partial charge in [0.1, 0.15) is 5.54 Å². The van der Waals surface area contributed by atoms with E-state index in [1.165, 1.54) is 13.5 Å². The second-order valence-corrected chi connectivity index (χ2v) is 6.25. The fourth-order valence-electron chi connectivity index (χ4n) is 3.57. The summed E-state index contributed by atoms with van der Waals surface area (Å²) in [5, 5.41) is 3.50. The van der Waals surface area contributed by atoms with Gasteiger partial charge in [-0.3, -0.25) is 10.1 Å². The van der Waals surface area contributed by atoms with Crippen LogP contribution in [0.1, 0.15) is 59.8 Å². The summed E-state index contributed by atoms with van der Waals surface area (Å²) < 4.78 is 5.10. The van der Waals surface area contributed by atoms with Crippen LogP contribution in [0.15, 0.2) is 0 Å². The fourth-order valence-corrected chi connectivity index (χ4v) is 3.57. The normalized spacial score (nSPS) is 27.1. The molecule has 0 radical (unpaired) electrons. The maximum absolute atomic E-state index is 12.3. The van der Waals surface area contributed by atoms with Gasteiger partial charge in [0.25, 0.3) is 0 Å². The molecule has 2 atom stereocenters. The summed E-state index contributed by atoms with van der Waals surface area (Å²) in [4.78, 5) is 14.8. The van der Waals surface area contributed by atoms with E-state index in [1.54, 1.807) is 0 Å². The minimum atomic E-state index is -0.493. The molecule has 1 saturated carbocycles. The van der Waals surface area contributed by atoms with E-state index in [2.05, 4.69) is 37.9 Å². The molecule has 4 heteroatoms. The predicted molar refractivity (Wildman–Crippen MR) is 82.8 cm³/mol. The number of carbonyl (C=O) groups is 1. The van der Waals surface area contributed by atoms with Crippen LogP contribution in [0.2, 0.25) is 0 Å². The van der Waals surface area contributed by atoms with Crippen LogP contribution in [0, 0.1) is 0 Å². The maximum Gasteiger partial charge on any atom is 0.326 e. The van der Waals surface area contributed by atoms with Crippen LogP contribution in [-0.4, -0.2) is 48.7 Å². The van der Waals surface area contributed by atoms with Crippen LogP contribution >= 0.6 is 0 Å². The van der Waals surface area contributed by atoms with Gasteiger partial charge in [-0.1, -0.05) is 13.8 Å². The lowest BCUT2D eigenvalue weighted by atomic mass is 9.77. The summed E-state index contributed by atoms with van der Waals surface area (Å²) in [5.74, 6) is -0.0940. The Morgan fingerprint density at radius 2 is 2.15 bits per heavy atom. The molecule has 0 spiro atoms. The highest BCUT2D eigenvalue weighted by atomic mass is 16.5. The van der Waals surface area contributed by atoms with Crippen molar-refractivity contribution < 1.29 is 9.53 Å². The molecule has 1 rings (SSSR count). The number of rotatable bonds is 7. The van der Waals surface area contributed by atoms with Gasteiger partial charge in [-0.2, -0.15) is 0 Å². The van der Waals surface area contributed by atoms with E-state index in [4.69, 9.17) is 4.74 Å². The number of hydrogen-bond acceptors (Lipinski definition) is 4. The van der Waals surface area contributed by atoms with Gasteiger partial charge in [-0.05, 0) is 59.0 Å². The molecule has 0 heterocycles. The molecule has 1 aliphatic carbocycles. The van der Waals surface area contributed by atoms with Gasteiger partial charge in [0.2, 0.25) is 0 Å². The molecule has 1 aliphatic rings. The first-order chi connectivity index (χ1) is 9.49. The van der Waals surface area contributed by atoms with Crippen molar-refractivity contribution in [2.75, 3.05) is 20.2 Å². The van der Waals surface area contributed by atoms with Gasteiger partial charge in [0.15, 0.2) is 0 Å². The summed E-state index contributed by atoms with van der Waals surface area (Å²) in [5.41, 5.74) is -0.493. The second kappa shape index (κ2) is 7.99. The van der Waals surface area contributed by atoms with E-state index in [0.29, 0.717) is 6.04 Å². The Labute approximate surface area is 124 Å². The molecule has 0 bridgehead atoms. The van der Waals surface area contributed by atoms with Gasteiger partial charge in [0.05, 0.1) is 7.11 Å². The first kappa shape index (κ1) is 17.4. The molecule has 118 valence electrons. The van der Waals surface area contributed by atoms with Crippen LogP contribution in [0.25, 0.3) is 0 Å². The van der Waals surface area contributed by atoms with E-state index in [-0.39, 0.29) is 12.0 Å². The topological polar surface area (TPSA) is 41.6 Å². The molecule has 2 unspecified atom stereocenters. The number of esters is 1. The largest absolute Gasteiger partial charge is 0.468 e. The molecule has 1 N–H and O–H groups in total. The Hall–Kier alpha value is -0.610. The van der Waals surface area contributed by atoms with Gasteiger partial charge < -0.3 is 9.64 Å². The molecule has 0 aromatic carbocycles. The third-order valence-electron chi connectivity index (χ3n) is 4.30. The smallest absolute Gasteiger partial charge is 0.326 e. The lowest BCUT2D eigenvalue weighted by Gasteiger charge is -2.44. The summed E-state index contributed by atoms with van der Waals surface area (Å²) >= 11 is 0. The standard InChI is InChI=1S/C16H32N2O2/c1-6-11-18(7-2)14-9-8-10-16(12-14,15(19)20-5)17-13(3)4/h13-14,17H,6-12H2,1-5H3. The van der Waals surface area contributed by atoms with E-state index < -0.39 is 5.54 Å². The van der Waals surface area contributed by atoms with Gasteiger partial charge in [0, 0.05) is 12.1 Å². The third kappa shape index (κ3) is 4.19. The van der Waals surface area contributed by atoms with Crippen LogP contribution in [0.5, 0.6) is 0 Å². The van der Waals surface area contributed by atoms with Crippen LogP contribution in [0.3, 0.4) is 0 Å². The van der Waals surface area contributed by atoms with Gasteiger partial charge in [-0.25, -0.2) is 0 Å². The zero-order chi connectivity index (χ0) is 15.2. The van der Waals surface area contributed by atoms with Crippen LogP contribution < -0.4 is 5.32 Å². The second-order valence-electron chi connectivity index (χ2n) is 6.25. The van der Waals surface area contributed by atoms with Crippen molar-refractivity contribution in [3.8, 4) is 0 Å². The molecule has 0 aliphatic heterocycles. The highest BCUT2D eigenvalue weighted by molar-refractivity contribution is 5.81. The van der Waals surface area contributed by atoms with E-state index in [9.17, 15) is 4.79 Å².